The van der Waals surface area contributed by atoms with Gasteiger partial charge < -0.3 is 21.1 Å². The normalized spacial score (nSPS) is 11.4. The Balaban J connectivity index is 0.000000239. The van der Waals surface area contributed by atoms with E-state index in [4.69, 9.17) is 21.1 Å². The molecule has 8 heteroatoms. The van der Waals surface area contributed by atoms with Gasteiger partial charge in [-0.3, -0.25) is 9.36 Å². The maximum atomic E-state index is 11.1. The van der Waals surface area contributed by atoms with Crippen LogP contribution in [0.1, 0.15) is 12.1 Å². The van der Waals surface area contributed by atoms with Crippen LogP contribution in [0.5, 0.6) is 0 Å². The molecule has 0 saturated carbocycles. The lowest BCUT2D eigenvalue weighted by Crippen LogP contribution is -2.22. The van der Waals surface area contributed by atoms with Crippen molar-refractivity contribution in [2.45, 2.75) is 19.4 Å². The highest BCUT2D eigenvalue weighted by molar-refractivity contribution is 5.92. The van der Waals surface area contributed by atoms with Crippen LogP contribution in [0.2, 0.25) is 0 Å². The van der Waals surface area contributed by atoms with E-state index in [1.807, 2.05) is 37.3 Å². The number of aromatic nitrogens is 1. The van der Waals surface area contributed by atoms with Crippen LogP contribution in [0.25, 0.3) is 10.9 Å². The molecule has 1 atom stereocenters. The highest BCUT2D eigenvalue weighted by Gasteiger charge is 2.16. The Morgan fingerprint density at radius 1 is 1.23 bits per heavy atom. The van der Waals surface area contributed by atoms with E-state index >= 15 is 0 Å². The third-order valence-electron chi connectivity index (χ3n) is 2.77. The molecule has 22 heavy (non-hydrogen) atoms. The average Bonchev–Trinajstić information content (AvgIpc) is 2.74. The van der Waals surface area contributed by atoms with Gasteiger partial charge in [0.15, 0.2) is 6.10 Å². The number of carboxylic acid groups (broad SMARTS) is 2. The van der Waals surface area contributed by atoms with Crippen molar-refractivity contribution < 1.29 is 29.7 Å². The third kappa shape index (κ3) is 4.32. The number of hydrogen-bond donors (Lipinski definition) is 4. The lowest BCUT2D eigenvalue weighted by molar-refractivity contribution is -0.152. The molecule has 118 valence electrons. The zero-order chi connectivity index (χ0) is 16.9. The van der Waals surface area contributed by atoms with Crippen LogP contribution in [0, 0.1) is 6.92 Å². The molecule has 1 aromatic heterocycles. The SMILES string of the molecule is Cc1cc2ccccc2n1C(N)=O.O=C(O)CC(O)C(=O)O. The number of carbonyl (C=O) groups is 3. The summed E-state index contributed by atoms with van der Waals surface area (Å²) in [5, 5.41) is 25.2. The molecule has 0 fully saturated rings. The second kappa shape index (κ2) is 7.23. The van der Waals surface area contributed by atoms with E-state index in [1.54, 1.807) is 0 Å². The molecule has 0 aliphatic heterocycles. The Kier molecular flexibility index (Phi) is 5.65. The molecule has 1 unspecified atom stereocenters. The minimum absolute atomic E-state index is 0.432. The van der Waals surface area contributed by atoms with Crippen molar-refractivity contribution in [3.63, 3.8) is 0 Å². The quantitative estimate of drug-likeness (QED) is 0.660. The largest absolute Gasteiger partial charge is 0.481 e. The van der Waals surface area contributed by atoms with E-state index in [2.05, 4.69) is 0 Å². The van der Waals surface area contributed by atoms with Crippen molar-refractivity contribution in [3.05, 3.63) is 36.0 Å². The van der Waals surface area contributed by atoms with Crippen molar-refractivity contribution in [2.75, 3.05) is 0 Å². The molecule has 0 spiro atoms. The summed E-state index contributed by atoms with van der Waals surface area (Å²) >= 11 is 0. The first kappa shape index (κ1) is 17.2. The first-order valence-corrected chi connectivity index (χ1v) is 6.23. The molecule has 0 bridgehead atoms. The molecular weight excluding hydrogens is 292 g/mol. The van der Waals surface area contributed by atoms with Gasteiger partial charge in [0.25, 0.3) is 0 Å². The number of aliphatic hydroxyl groups is 1. The fraction of sp³-hybridized carbons (Fsp3) is 0.214. The number of para-hydroxylation sites is 1. The molecule has 0 saturated heterocycles. The lowest BCUT2D eigenvalue weighted by atomic mass is 10.2. The van der Waals surface area contributed by atoms with Crippen LogP contribution in [-0.2, 0) is 9.59 Å². The topological polar surface area (TPSA) is 143 Å². The maximum Gasteiger partial charge on any atom is 0.333 e. The number of benzene rings is 1. The Morgan fingerprint density at radius 2 is 1.82 bits per heavy atom. The fourth-order valence-electron chi connectivity index (χ4n) is 1.84. The van der Waals surface area contributed by atoms with Gasteiger partial charge in [0.05, 0.1) is 11.9 Å². The monoisotopic (exact) mass is 308 g/mol. The molecule has 2 rings (SSSR count). The van der Waals surface area contributed by atoms with Gasteiger partial charge in [-0.2, -0.15) is 0 Å². The van der Waals surface area contributed by atoms with Crippen molar-refractivity contribution in [3.8, 4) is 0 Å². The lowest BCUT2D eigenvalue weighted by Gasteiger charge is -2.00. The van der Waals surface area contributed by atoms with Crippen molar-refractivity contribution in [1.29, 1.82) is 0 Å². The third-order valence-corrected chi connectivity index (χ3v) is 2.77. The van der Waals surface area contributed by atoms with Crippen molar-refractivity contribution in [1.82, 2.24) is 4.57 Å². The predicted octanol–water partition coefficient (Wildman–Crippen LogP) is 0.783. The molecule has 1 amide bonds. The van der Waals surface area contributed by atoms with Gasteiger partial charge in [-0.1, -0.05) is 18.2 Å². The number of nitrogens with zero attached hydrogens (tertiary/aromatic N) is 1. The molecule has 0 aliphatic rings. The number of amides is 1. The minimum atomic E-state index is -1.79. The smallest absolute Gasteiger partial charge is 0.333 e. The van der Waals surface area contributed by atoms with E-state index in [-0.39, 0.29) is 0 Å². The number of fused-ring (bicyclic) bond motifs is 1. The highest BCUT2D eigenvalue weighted by Crippen LogP contribution is 2.18. The number of aliphatic carboxylic acids is 2. The van der Waals surface area contributed by atoms with Gasteiger partial charge in [-0.05, 0) is 19.1 Å². The van der Waals surface area contributed by atoms with Gasteiger partial charge in [0.2, 0.25) is 0 Å². The van der Waals surface area contributed by atoms with E-state index in [9.17, 15) is 14.4 Å². The summed E-state index contributed by atoms with van der Waals surface area (Å²) in [4.78, 5) is 30.5. The number of aryl methyl sites for hydroxylation is 1. The zero-order valence-corrected chi connectivity index (χ0v) is 11.8. The fourth-order valence-corrected chi connectivity index (χ4v) is 1.84. The average molecular weight is 308 g/mol. The van der Waals surface area contributed by atoms with Crippen molar-refractivity contribution in [2.24, 2.45) is 5.73 Å². The second-order valence-corrected chi connectivity index (χ2v) is 4.47. The van der Waals surface area contributed by atoms with Crippen molar-refractivity contribution >= 4 is 28.9 Å². The summed E-state index contributed by atoms with van der Waals surface area (Å²) in [5.74, 6) is -2.85. The summed E-state index contributed by atoms with van der Waals surface area (Å²) in [6.45, 7) is 1.87. The van der Waals surface area contributed by atoms with Crippen LogP contribution in [0.3, 0.4) is 0 Å². The summed E-state index contributed by atoms with van der Waals surface area (Å²) in [6, 6.07) is 9.18. The molecule has 2 aromatic rings. The number of primary amides is 1. The number of nitrogens with two attached hydrogens (primary N) is 1. The van der Waals surface area contributed by atoms with Gasteiger partial charge in [0, 0.05) is 11.1 Å². The molecule has 8 nitrogen and oxygen atoms in total. The summed E-state index contributed by atoms with van der Waals surface area (Å²) in [6.07, 6.45) is -2.54. The first-order valence-electron chi connectivity index (χ1n) is 6.23. The number of aliphatic hydroxyl groups excluding tert-OH is 1. The van der Waals surface area contributed by atoms with Crippen LogP contribution in [0.4, 0.5) is 4.79 Å². The molecular formula is C14H16N2O6. The number of rotatable bonds is 3. The van der Waals surface area contributed by atoms with Crippen LogP contribution >= 0.6 is 0 Å². The Bertz CT molecular complexity index is 706. The molecule has 1 aromatic carbocycles. The van der Waals surface area contributed by atoms with E-state index < -0.39 is 30.5 Å². The van der Waals surface area contributed by atoms with Crippen LogP contribution < -0.4 is 5.73 Å². The maximum absolute atomic E-state index is 11.1. The summed E-state index contributed by atoms with van der Waals surface area (Å²) < 4.78 is 1.51. The predicted molar refractivity (Wildman–Crippen MR) is 77.6 cm³/mol. The number of carbonyl (C=O) groups excluding carboxylic acids is 1. The van der Waals surface area contributed by atoms with Gasteiger partial charge in [-0.25, -0.2) is 9.59 Å². The first-order chi connectivity index (χ1) is 10.2. The minimum Gasteiger partial charge on any atom is -0.481 e. The number of hydrogen-bond acceptors (Lipinski definition) is 4. The number of carboxylic acids is 2. The Morgan fingerprint density at radius 3 is 2.27 bits per heavy atom. The Labute approximate surface area is 125 Å². The summed E-state index contributed by atoms with van der Waals surface area (Å²) in [5.41, 5.74) is 6.99. The van der Waals surface area contributed by atoms with E-state index in [0.29, 0.717) is 0 Å². The standard InChI is InChI=1S/C10H10N2O.C4H6O5/c1-7-6-8-4-2-3-5-9(8)12(7)10(11)13;5-2(4(8)9)1-3(6)7/h2-6H,1H3,(H2,11,13);2,5H,1H2,(H,6,7)(H,8,9). The van der Waals surface area contributed by atoms with E-state index in [0.717, 1.165) is 16.6 Å². The molecule has 0 radical (unpaired) electrons. The molecule has 1 heterocycles. The van der Waals surface area contributed by atoms with E-state index in [1.165, 1.54) is 4.57 Å². The van der Waals surface area contributed by atoms with Gasteiger partial charge in [-0.15, -0.1) is 0 Å². The summed E-state index contributed by atoms with van der Waals surface area (Å²) in [7, 11) is 0. The van der Waals surface area contributed by atoms with Crippen LogP contribution in [0.15, 0.2) is 30.3 Å². The highest BCUT2D eigenvalue weighted by atomic mass is 16.4. The van der Waals surface area contributed by atoms with Gasteiger partial charge >= 0.3 is 18.0 Å². The molecule has 5 N–H and O–H groups in total. The second-order valence-electron chi connectivity index (χ2n) is 4.47. The molecule has 0 aliphatic carbocycles. The van der Waals surface area contributed by atoms with Crippen LogP contribution in [-0.4, -0.2) is 44.0 Å². The Hall–Kier alpha value is -2.87. The zero-order valence-electron chi connectivity index (χ0n) is 11.8. The van der Waals surface area contributed by atoms with Gasteiger partial charge in [0.1, 0.15) is 0 Å².